The molecule has 0 saturated heterocycles. The minimum absolute atomic E-state index is 0.0219. The SMILES string of the molecule is CCCNc1nc(Nc2cccc(F)c2)ncc1C#CCCCNC(=O)C(C)NC. The Bertz CT molecular complexity index is 893. The predicted molar refractivity (Wildman–Crippen MR) is 118 cm³/mol. The molecule has 0 aliphatic heterocycles. The summed E-state index contributed by atoms with van der Waals surface area (Å²) in [5.74, 6) is 6.85. The first-order chi connectivity index (χ1) is 14.5. The molecule has 160 valence electrons. The largest absolute Gasteiger partial charge is 0.369 e. The van der Waals surface area contributed by atoms with Crippen molar-refractivity contribution in [2.24, 2.45) is 0 Å². The van der Waals surface area contributed by atoms with E-state index in [-0.39, 0.29) is 17.8 Å². The van der Waals surface area contributed by atoms with Gasteiger partial charge in [0.25, 0.3) is 0 Å². The number of nitrogens with zero attached hydrogens (tertiary/aromatic N) is 2. The minimum atomic E-state index is -0.330. The molecule has 1 aromatic heterocycles. The highest BCUT2D eigenvalue weighted by atomic mass is 19.1. The molecule has 7 nitrogen and oxygen atoms in total. The lowest BCUT2D eigenvalue weighted by Crippen LogP contribution is -2.40. The second-order valence-corrected chi connectivity index (χ2v) is 6.72. The Hall–Kier alpha value is -3.18. The summed E-state index contributed by atoms with van der Waals surface area (Å²) in [6.07, 6.45) is 3.99. The Morgan fingerprint density at radius 2 is 2.13 bits per heavy atom. The topological polar surface area (TPSA) is 91.0 Å². The number of benzene rings is 1. The molecular weight excluding hydrogens is 383 g/mol. The zero-order valence-electron chi connectivity index (χ0n) is 17.7. The Morgan fingerprint density at radius 3 is 2.87 bits per heavy atom. The van der Waals surface area contributed by atoms with Crippen LogP contribution in [-0.2, 0) is 4.79 Å². The van der Waals surface area contributed by atoms with Crippen LogP contribution in [0.1, 0.15) is 38.7 Å². The third-order valence-corrected chi connectivity index (χ3v) is 4.24. The predicted octanol–water partition coefficient (Wildman–Crippen LogP) is 3.04. The third kappa shape index (κ3) is 7.68. The number of nitrogens with one attached hydrogen (secondary N) is 4. The fourth-order valence-electron chi connectivity index (χ4n) is 2.44. The van der Waals surface area contributed by atoms with Crippen LogP contribution in [0.15, 0.2) is 30.5 Å². The second kappa shape index (κ2) is 12.4. The molecular formula is C22H29FN6O. The summed E-state index contributed by atoms with van der Waals surface area (Å²) in [4.78, 5) is 20.5. The van der Waals surface area contributed by atoms with Gasteiger partial charge in [0.2, 0.25) is 11.9 Å². The van der Waals surface area contributed by atoms with Crippen molar-refractivity contribution in [1.82, 2.24) is 20.6 Å². The molecule has 1 amide bonds. The van der Waals surface area contributed by atoms with E-state index in [0.717, 1.165) is 19.4 Å². The smallest absolute Gasteiger partial charge is 0.236 e. The zero-order valence-corrected chi connectivity index (χ0v) is 17.7. The monoisotopic (exact) mass is 412 g/mol. The number of carbonyl (C=O) groups is 1. The van der Waals surface area contributed by atoms with E-state index >= 15 is 0 Å². The molecule has 0 bridgehead atoms. The van der Waals surface area contributed by atoms with Gasteiger partial charge >= 0.3 is 0 Å². The molecule has 2 rings (SSSR count). The number of halogens is 1. The number of hydrogen-bond donors (Lipinski definition) is 4. The van der Waals surface area contributed by atoms with Crippen LogP contribution in [0.3, 0.4) is 0 Å². The van der Waals surface area contributed by atoms with Gasteiger partial charge in [-0.05, 0) is 45.0 Å². The standard InChI is InChI=1S/C22H29FN6O/c1-4-12-25-20-17(9-6-5-7-13-26-21(30)16(2)24-3)15-27-22(29-20)28-19-11-8-10-18(23)14-19/h8,10-11,14-16,24H,4-5,7,12-13H2,1-3H3,(H,26,30)(H2,25,27,28,29). The quantitative estimate of drug-likeness (QED) is 0.354. The Balaban J connectivity index is 1.98. The second-order valence-electron chi connectivity index (χ2n) is 6.72. The first-order valence-corrected chi connectivity index (χ1v) is 10.1. The van der Waals surface area contributed by atoms with E-state index in [9.17, 15) is 9.18 Å². The molecule has 8 heteroatoms. The van der Waals surface area contributed by atoms with Crippen molar-refractivity contribution in [2.75, 3.05) is 30.8 Å². The summed E-state index contributed by atoms with van der Waals surface area (Å²) in [5.41, 5.74) is 1.27. The molecule has 4 N–H and O–H groups in total. The van der Waals surface area contributed by atoms with Crippen molar-refractivity contribution in [3.05, 3.63) is 41.8 Å². The zero-order chi connectivity index (χ0) is 21.8. The van der Waals surface area contributed by atoms with Crippen molar-refractivity contribution < 1.29 is 9.18 Å². The summed E-state index contributed by atoms with van der Waals surface area (Å²) in [5, 5.41) is 12.0. The lowest BCUT2D eigenvalue weighted by molar-refractivity contribution is -0.122. The lowest BCUT2D eigenvalue weighted by Gasteiger charge is -2.10. The molecule has 0 aliphatic rings. The molecule has 1 unspecified atom stereocenters. The average Bonchev–Trinajstić information content (AvgIpc) is 2.74. The average molecular weight is 413 g/mol. The van der Waals surface area contributed by atoms with Crippen molar-refractivity contribution in [1.29, 1.82) is 0 Å². The number of amides is 1. The Morgan fingerprint density at radius 1 is 1.30 bits per heavy atom. The van der Waals surface area contributed by atoms with Crippen LogP contribution in [0, 0.1) is 17.7 Å². The van der Waals surface area contributed by atoms with Crippen LogP contribution in [0.4, 0.5) is 21.8 Å². The lowest BCUT2D eigenvalue weighted by atomic mass is 10.2. The van der Waals surface area contributed by atoms with E-state index < -0.39 is 0 Å². The van der Waals surface area contributed by atoms with Gasteiger partial charge in [-0.1, -0.05) is 24.8 Å². The first-order valence-electron chi connectivity index (χ1n) is 10.1. The van der Waals surface area contributed by atoms with Gasteiger partial charge in [0.15, 0.2) is 0 Å². The third-order valence-electron chi connectivity index (χ3n) is 4.24. The number of likely N-dealkylation sites (N-methyl/N-ethyl adjacent to an activating group) is 1. The molecule has 1 atom stereocenters. The van der Waals surface area contributed by atoms with Gasteiger partial charge in [-0.15, -0.1) is 0 Å². The highest BCUT2D eigenvalue weighted by Gasteiger charge is 2.08. The number of unbranched alkanes of at least 4 members (excludes halogenated alkanes) is 1. The van der Waals surface area contributed by atoms with Gasteiger partial charge in [-0.25, -0.2) is 9.37 Å². The number of rotatable bonds is 10. The van der Waals surface area contributed by atoms with Gasteiger partial charge in [0, 0.05) is 25.2 Å². The highest BCUT2D eigenvalue weighted by molar-refractivity contribution is 5.81. The molecule has 0 spiro atoms. The van der Waals surface area contributed by atoms with Crippen LogP contribution in [-0.4, -0.2) is 42.1 Å². The molecule has 0 aliphatic carbocycles. The van der Waals surface area contributed by atoms with Gasteiger partial charge in [-0.3, -0.25) is 4.79 Å². The van der Waals surface area contributed by atoms with E-state index in [2.05, 4.69) is 50.0 Å². The molecule has 1 aromatic carbocycles. The Kier molecular flexibility index (Phi) is 9.55. The molecule has 0 radical (unpaired) electrons. The Labute approximate surface area is 177 Å². The van der Waals surface area contributed by atoms with E-state index in [0.29, 0.717) is 36.0 Å². The maximum atomic E-state index is 13.4. The van der Waals surface area contributed by atoms with Crippen LogP contribution in [0.2, 0.25) is 0 Å². The first kappa shape index (κ1) is 23.1. The fraction of sp³-hybridized carbons (Fsp3) is 0.409. The van der Waals surface area contributed by atoms with Gasteiger partial charge in [0.05, 0.1) is 17.8 Å². The summed E-state index contributed by atoms with van der Waals surface area (Å²) in [7, 11) is 1.75. The maximum absolute atomic E-state index is 13.4. The number of aromatic nitrogens is 2. The molecule has 1 heterocycles. The number of carbonyl (C=O) groups excluding carboxylic acids is 1. The van der Waals surface area contributed by atoms with Gasteiger partial charge in [0.1, 0.15) is 11.6 Å². The molecule has 2 aromatic rings. The summed E-state index contributed by atoms with van der Waals surface area (Å²) in [6, 6.07) is 5.92. The summed E-state index contributed by atoms with van der Waals surface area (Å²) in [6.45, 7) is 5.20. The van der Waals surface area contributed by atoms with E-state index in [4.69, 9.17) is 0 Å². The fourth-order valence-corrected chi connectivity index (χ4v) is 2.44. The van der Waals surface area contributed by atoms with Crippen molar-refractivity contribution in [3.8, 4) is 11.8 Å². The number of hydrogen-bond acceptors (Lipinski definition) is 6. The van der Waals surface area contributed by atoms with Gasteiger partial charge in [-0.2, -0.15) is 4.98 Å². The van der Waals surface area contributed by atoms with Crippen LogP contribution >= 0.6 is 0 Å². The van der Waals surface area contributed by atoms with Gasteiger partial charge < -0.3 is 21.3 Å². The van der Waals surface area contributed by atoms with E-state index in [1.54, 1.807) is 25.4 Å². The van der Waals surface area contributed by atoms with Crippen LogP contribution < -0.4 is 21.3 Å². The van der Waals surface area contributed by atoms with Crippen molar-refractivity contribution in [3.63, 3.8) is 0 Å². The van der Waals surface area contributed by atoms with Crippen LogP contribution in [0.5, 0.6) is 0 Å². The summed E-state index contributed by atoms with van der Waals surface area (Å²) >= 11 is 0. The molecule has 0 saturated carbocycles. The minimum Gasteiger partial charge on any atom is -0.369 e. The molecule has 30 heavy (non-hydrogen) atoms. The highest BCUT2D eigenvalue weighted by Crippen LogP contribution is 2.18. The summed E-state index contributed by atoms with van der Waals surface area (Å²) < 4.78 is 13.4. The normalized spacial score (nSPS) is 11.2. The van der Waals surface area contributed by atoms with Crippen LogP contribution in [0.25, 0.3) is 0 Å². The van der Waals surface area contributed by atoms with E-state index in [1.807, 2.05) is 6.92 Å². The van der Waals surface area contributed by atoms with Crippen molar-refractivity contribution >= 4 is 23.4 Å². The van der Waals surface area contributed by atoms with E-state index in [1.165, 1.54) is 12.1 Å². The molecule has 0 fully saturated rings. The maximum Gasteiger partial charge on any atom is 0.236 e. The number of anilines is 3. The van der Waals surface area contributed by atoms with Crippen molar-refractivity contribution in [2.45, 2.75) is 39.2 Å².